The Morgan fingerprint density at radius 1 is 0.464 bits per heavy atom. The van der Waals surface area contributed by atoms with E-state index in [0.717, 1.165) is 0 Å². The molecule has 0 amide bonds. The van der Waals surface area contributed by atoms with Crippen LogP contribution in [0.5, 0.6) is 0 Å². The average molecular weight is 547 g/mol. The summed E-state index contributed by atoms with van der Waals surface area (Å²) in [7, 11) is 0. The number of carbonyl (C=O) groups is 4. The second-order valence-electron chi connectivity index (χ2n) is 4.31. The van der Waals surface area contributed by atoms with Crippen molar-refractivity contribution in [2.24, 2.45) is 0 Å². The van der Waals surface area contributed by atoms with Crippen LogP contribution in [0.3, 0.4) is 0 Å². The predicted molar refractivity (Wildman–Crippen MR) is 82.1 cm³/mol. The van der Waals surface area contributed by atoms with E-state index in [9.17, 15) is 19.2 Å². The zero-order valence-corrected chi connectivity index (χ0v) is 18.8. The van der Waals surface area contributed by atoms with Crippen molar-refractivity contribution in [1.82, 2.24) is 0 Å². The van der Waals surface area contributed by atoms with Gasteiger partial charge in [-0.1, -0.05) is 24.3 Å². The molecule has 4 N–H and O–H groups in total. The molecule has 0 fully saturated rings. The van der Waals surface area contributed by atoms with E-state index < -0.39 is 23.9 Å². The molecule has 2 aromatic carbocycles. The molecule has 12 heteroatoms. The molecule has 0 aromatic heterocycles. The van der Waals surface area contributed by atoms with Crippen molar-refractivity contribution in [2.75, 3.05) is 0 Å². The number of carboxylic acid groups (broad SMARTS) is 4. The van der Waals surface area contributed by atoms with Crippen molar-refractivity contribution in [3.8, 4) is 0 Å². The summed E-state index contributed by atoms with van der Waals surface area (Å²) in [5.74, 6) is -4.91. The molecule has 0 heterocycles. The van der Waals surface area contributed by atoms with E-state index in [1.807, 2.05) is 0 Å². The van der Waals surface area contributed by atoms with Crippen LogP contribution in [0.2, 0.25) is 0 Å². The first-order chi connectivity index (χ1) is 13.3. The van der Waals surface area contributed by atoms with Gasteiger partial charge in [-0.05, 0) is 24.3 Å². The fraction of sp³-hybridized carbons (Fsp3) is 0. The fourth-order valence-electron chi connectivity index (χ4n) is 1.71. The molecule has 0 aliphatic heterocycles. The van der Waals surface area contributed by atoms with Crippen molar-refractivity contribution in [2.45, 2.75) is 0 Å². The molecule has 0 saturated carbocycles. The Morgan fingerprint density at radius 2 is 0.607 bits per heavy atom. The summed E-state index contributed by atoms with van der Waals surface area (Å²) >= 11 is 0.600. The first kappa shape index (κ1) is 27.9. The Kier molecular flexibility index (Phi) is 15.7. The van der Waals surface area contributed by atoms with Crippen molar-refractivity contribution in [3.05, 3.63) is 70.8 Å². The molecule has 0 bridgehead atoms. The van der Waals surface area contributed by atoms with Crippen LogP contribution in [-0.4, -0.2) is 44.3 Å². The Hall–Kier alpha value is -2.31. The van der Waals surface area contributed by atoms with Gasteiger partial charge in [-0.25, -0.2) is 19.2 Å². The van der Waals surface area contributed by atoms with Gasteiger partial charge in [0.2, 0.25) is 0 Å². The number of benzene rings is 2. The SMILES string of the molecule is O=C(O)c1ccccc1C(=O)O.O=C(O)c1ccccc1C(=O)O.[O]=[Zr].[O]=[Zr]. The zero-order chi connectivity index (χ0) is 22.3. The monoisotopic (exact) mass is 544 g/mol. The van der Waals surface area contributed by atoms with Gasteiger partial charge in [-0.15, -0.1) is 0 Å². The van der Waals surface area contributed by atoms with E-state index >= 15 is 0 Å². The number of rotatable bonds is 4. The van der Waals surface area contributed by atoms with Crippen molar-refractivity contribution < 1.29 is 94.7 Å². The first-order valence-corrected chi connectivity index (χ1v) is 8.78. The minimum absolute atomic E-state index is 0.190. The molecular weight excluding hydrogens is 535 g/mol. The molecule has 0 saturated heterocycles. The number of hydrogen-bond acceptors (Lipinski definition) is 6. The second-order valence-corrected chi connectivity index (χ2v) is 4.31. The average Bonchev–Trinajstić information content (AvgIpc) is 2.71. The third-order valence-electron chi connectivity index (χ3n) is 2.78. The third kappa shape index (κ3) is 9.57. The normalized spacial score (nSPS) is 8.21. The van der Waals surface area contributed by atoms with E-state index in [1.165, 1.54) is 48.5 Å². The van der Waals surface area contributed by atoms with Gasteiger partial charge in [-0.3, -0.25) is 0 Å². The van der Waals surface area contributed by atoms with Gasteiger partial charge in [0.05, 0.1) is 22.3 Å². The third-order valence-corrected chi connectivity index (χ3v) is 2.78. The number of aromatic carboxylic acids is 4. The molecule has 0 atom stereocenters. The van der Waals surface area contributed by atoms with Crippen LogP contribution in [0.1, 0.15) is 41.4 Å². The van der Waals surface area contributed by atoms with Gasteiger partial charge in [-0.2, -0.15) is 0 Å². The summed E-state index contributed by atoms with van der Waals surface area (Å²) in [5, 5.41) is 34.2. The van der Waals surface area contributed by atoms with Crippen LogP contribution in [0.25, 0.3) is 0 Å². The Morgan fingerprint density at radius 3 is 0.714 bits per heavy atom. The van der Waals surface area contributed by atoms with Crippen molar-refractivity contribution in [3.63, 3.8) is 0 Å². The maximum absolute atomic E-state index is 10.5. The van der Waals surface area contributed by atoms with Crippen LogP contribution in [0.15, 0.2) is 48.5 Å². The van der Waals surface area contributed by atoms with Gasteiger partial charge in [0.25, 0.3) is 0 Å². The van der Waals surface area contributed by atoms with Crippen LogP contribution in [0, 0.1) is 0 Å². The van der Waals surface area contributed by atoms with Gasteiger partial charge in [0.1, 0.15) is 0 Å². The molecular formula is C16H12O10Zr2. The molecule has 28 heavy (non-hydrogen) atoms. The van der Waals surface area contributed by atoms with E-state index in [0.29, 0.717) is 49.4 Å². The van der Waals surface area contributed by atoms with E-state index in [-0.39, 0.29) is 22.3 Å². The van der Waals surface area contributed by atoms with Gasteiger partial charge in [0, 0.05) is 0 Å². The first-order valence-electron chi connectivity index (χ1n) is 6.77. The van der Waals surface area contributed by atoms with Crippen molar-refractivity contribution in [1.29, 1.82) is 0 Å². The summed E-state index contributed by atoms with van der Waals surface area (Å²) < 4.78 is 16.7. The summed E-state index contributed by atoms with van der Waals surface area (Å²) in [6.45, 7) is 0. The molecule has 0 spiro atoms. The Bertz CT molecular complexity index is 702. The quantitative estimate of drug-likeness (QED) is 0.442. The Balaban J connectivity index is 0. The van der Waals surface area contributed by atoms with Crippen LogP contribution < -0.4 is 0 Å². The summed E-state index contributed by atoms with van der Waals surface area (Å²) in [5.41, 5.74) is -0.759. The number of hydrogen-bond donors (Lipinski definition) is 4. The minimum atomic E-state index is -1.23. The topological polar surface area (TPSA) is 183 Å². The van der Waals surface area contributed by atoms with E-state index in [1.54, 1.807) is 0 Å². The van der Waals surface area contributed by atoms with Crippen LogP contribution >= 0.6 is 0 Å². The molecule has 2 rings (SSSR count). The maximum atomic E-state index is 10.5. The molecule has 0 radical (unpaired) electrons. The van der Waals surface area contributed by atoms with Gasteiger partial charge < -0.3 is 20.4 Å². The summed E-state index contributed by atoms with van der Waals surface area (Å²) in [6.07, 6.45) is 0. The fourth-order valence-corrected chi connectivity index (χ4v) is 1.71. The molecule has 144 valence electrons. The molecule has 0 aliphatic carbocycles. The molecule has 2 aromatic rings. The summed E-state index contributed by atoms with van der Waals surface area (Å²) in [4.78, 5) is 41.9. The van der Waals surface area contributed by atoms with Crippen LogP contribution in [-0.2, 0) is 55.1 Å². The molecule has 10 nitrogen and oxygen atoms in total. The van der Waals surface area contributed by atoms with E-state index in [4.69, 9.17) is 26.1 Å². The second kappa shape index (κ2) is 15.7. The zero-order valence-electron chi connectivity index (χ0n) is 13.9. The summed E-state index contributed by atoms with van der Waals surface area (Å²) in [6, 6.07) is 11.0. The predicted octanol–water partition coefficient (Wildman–Crippen LogP) is 1.92. The van der Waals surface area contributed by atoms with Gasteiger partial charge in [0.15, 0.2) is 0 Å². The molecule has 0 unspecified atom stereocenters. The standard InChI is InChI=1S/2C8H6O4.2O.2Zr/c2*9-7(10)5-3-1-2-4-6(5)8(11)12;;;;/h2*1-4H,(H,9,10)(H,11,12);;;;. The van der Waals surface area contributed by atoms with Crippen LogP contribution in [0.4, 0.5) is 0 Å². The van der Waals surface area contributed by atoms with E-state index in [2.05, 4.69) is 0 Å². The Labute approximate surface area is 188 Å². The number of carboxylic acids is 4. The molecule has 0 aliphatic rings. The van der Waals surface area contributed by atoms with Gasteiger partial charge >= 0.3 is 79.0 Å². The van der Waals surface area contributed by atoms with Crippen molar-refractivity contribution >= 4 is 23.9 Å².